The van der Waals surface area contributed by atoms with Gasteiger partial charge in [-0.1, -0.05) is 40.2 Å². The summed E-state index contributed by atoms with van der Waals surface area (Å²) < 4.78 is 44.2. The van der Waals surface area contributed by atoms with Crippen molar-refractivity contribution in [2.24, 2.45) is 0 Å². The molecule has 0 bridgehead atoms. The molecule has 0 N–H and O–H groups in total. The molecule has 0 aliphatic heterocycles. The predicted molar refractivity (Wildman–Crippen MR) is 97.8 cm³/mol. The van der Waals surface area contributed by atoms with E-state index < -0.39 is 17.7 Å². The molecule has 0 amide bonds. The van der Waals surface area contributed by atoms with Gasteiger partial charge in [0.1, 0.15) is 5.75 Å². The Bertz CT molecular complexity index is 994. The summed E-state index contributed by atoms with van der Waals surface area (Å²) in [6.07, 6.45) is -2.04. The number of fused-ring (bicyclic) bond motifs is 1. The van der Waals surface area contributed by atoms with E-state index in [-0.39, 0.29) is 5.56 Å². The summed E-state index contributed by atoms with van der Waals surface area (Å²) in [5, 5.41) is 1.89. The van der Waals surface area contributed by atoms with Gasteiger partial charge >= 0.3 is 12.1 Å². The lowest BCUT2D eigenvalue weighted by Gasteiger charge is -2.06. The number of ether oxygens (including phenoxy) is 1. The predicted octanol–water partition coefficient (Wildman–Crippen LogP) is 6.24. The fraction of sp³-hybridized carbons (Fsp3) is 0.0500. The van der Waals surface area contributed by atoms with E-state index in [1.807, 2.05) is 24.3 Å². The van der Waals surface area contributed by atoms with Gasteiger partial charge in [0, 0.05) is 10.5 Å². The number of benzene rings is 3. The van der Waals surface area contributed by atoms with Crippen molar-refractivity contribution in [1.82, 2.24) is 0 Å². The fourth-order valence-electron chi connectivity index (χ4n) is 2.39. The Balaban J connectivity index is 1.72. The average Bonchev–Trinajstić information content (AvgIpc) is 2.60. The van der Waals surface area contributed by atoms with Crippen LogP contribution in [-0.2, 0) is 11.0 Å². The summed E-state index contributed by atoms with van der Waals surface area (Å²) in [4.78, 5) is 11.9. The van der Waals surface area contributed by atoms with Crippen LogP contribution in [0.1, 0.15) is 11.1 Å². The lowest BCUT2D eigenvalue weighted by molar-refractivity contribution is -0.137. The molecule has 0 saturated carbocycles. The molecule has 26 heavy (non-hydrogen) atoms. The second-order valence-electron chi connectivity index (χ2n) is 5.53. The topological polar surface area (TPSA) is 26.3 Å². The van der Waals surface area contributed by atoms with Crippen LogP contribution < -0.4 is 4.74 Å². The summed E-state index contributed by atoms with van der Waals surface area (Å²) in [5.74, 6) is -0.308. The third kappa shape index (κ3) is 4.52. The number of esters is 1. The second-order valence-corrected chi connectivity index (χ2v) is 6.45. The molecule has 0 saturated heterocycles. The van der Waals surface area contributed by atoms with Gasteiger partial charge in [-0.3, -0.25) is 0 Å². The maximum atomic E-state index is 12.7. The zero-order valence-corrected chi connectivity index (χ0v) is 14.8. The van der Waals surface area contributed by atoms with Crippen LogP contribution in [0.3, 0.4) is 0 Å². The van der Waals surface area contributed by atoms with Crippen molar-refractivity contribution in [2.45, 2.75) is 6.18 Å². The number of carbonyl (C=O) groups excluding carboxylic acids is 1. The molecular weight excluding hydrogens is 409 g/mol. The Kier molecular flexibility index (Phi) is 5.13. The summed E-state index contributed by atoms with van der Waals surface area (Å²) in [5.41, 5.74) is -0.506. The molecule has 0 radical (unpaired) electrons. The van der Waals surface area contributed by atoms with Crippen LogP contribution in [0.2, 0.25) is 0 Å². The van der Waals surface area contributed by atoms with Crippen molar-refractivity contribution in [3.8, 4) is 5.75 Å². The van der Waals surface area contributed by atoms with Crippen LogP contribution in [0.4, 0.5) is 13.2 Å². The molecule has 132 valence electrons. The number of hydrogen-bond donors (Lipinski definition) is 0. The monoisotopic (exact) mass is 420 g/mol. The smallest absolute Gasteiger partial charge is 0.416 e. The van der Waals surface area contributed by atoms with Gasteiger partial charge in [0.05, 0.1) is 5.56 Å². The summed E-state index contributed by atoms with van der Waals surface area (Å²) in [6.45, 7) is 0. The van der Waals surface area contributed by atoms with Gasteiger partial charge in [0.15, 0.2) is 0 Å². The van der Waals surface area contributed by atoms with Crippen molar-refractivity contribution < 1.29 is 22.7 Å². The molecule has 3 aromatic carbocycles. The summed E-state index contributed by atoms with van der Waals surface area (Å²) in [6, 6.07) is 15.6. The first-order valence-electron chi connectivity index (χ1n) is 7.58. The standard InChI is InChI=1S/C20H12BrF3O2/c21-17-7-5-15-12-18(8-6-14(15)11-17)26-19(25)9-4-13-2-1-3-16(10-13)20(22,23)24/h1-12H. The summed E-state index contributed by atoms with van der Waals surface area (Å²) in [7, 11) is 0. The minimum Gasteiger partial charge on any atom is -0.423 e. The molecule has 0 unspecified atom stereocenters. The first-order chi connectivity index (χ1) is 12.3. The molecule has 0 aliphatic rings. The third-order valence-corrected chi connectivity index (χ3v) is 4.11. The first kappa shape index (κ1) is 18.2. The van der Waals surface area contributed by atoms with E-state index in [9.17, 15) is 18.0 Å². The highest BCUT2D eigenvalue weighted by Gasteiger charge is 2.30. The quantitative estimate of drug-likeness (QED) is 0.284. The molecule has 0 aliphatic carbocycles. The van der Waals surface area contributed by atoms with E-state index in [0.29, 0.717) is 5.75 Å². The van der Waals surface area contributed by atoms with Crippen LogP contribution in [0.15, 0.2) is 71.2 Å². The Morgan fingerprint density at radius 3 is 2.46 bits per heavy atom. The van der Waals surface area contributed by atoms with Gasteiger partial charge in [0.25, 0.3) is 0 Å². The highest BCUT2D eigenvalue weighted by Crippen LogP contribution is 2.29. The number of hydrogen-bond acceptors (Lipinski definition) is 2. The van der Waals surface area contributed by atoms with E-state index in [1.165, 1.54) is 18.2 Å². The minimum atomic E-state index is -4.43. The minimum absolute atomic E-state index is 0.264. The number of halogens is 4. The number of rotatable bonds is 3. The molecule has 3 rings (SSSR count). The van der Waals surface area contributed by atoms with Crippen LogP contribution in [0.25, 0.3) is 16.8 Å². The van der Waals surface area contributed by atoms with Gasteiger partial charge in [-0.15, -0.1) is 0 Å². The van der Waals surface area contributed by atoms with E-state index in [2.05, 4.69) is 15.9 Å². The molecule has 2 nitrogen and oxygen atoms in total. The number of carbonyl (C=O) groups is 1. The van der Waals surface area contributed by atoms with Gasteiger partial charge in [0.2, 0.25) is 0 Å². The third-order valence-electron chi connectivity index (χ3n) is 3.62. The molecule has 0 heterocycles. The molecule has 6 heteroatoms. The zero-order valence-electron chi connectivity index (χ0n) is 13.3. The molecule has 0 aromatic heterocycles. The molecular formula is C20H12BrF3O2. The van der Waals surface area contributed by atoms with Gasteiger partial charge in [-0.05, 0) is 58.8 Å². The molecule has 3 aromatic rings. The van der Waals surface area contributed by atoms with Crippen LogP contribution in [0, 0.1) is 0 Å². The van der Waals surface area contributed by atoms with E-state index in [4.69, 9.17) is 4.74 Å². The average molecular weight is 421 g/mol. The van der Waals surface area contributed by atoms with E-state index in [1.54, 1.807) is 12.1 Å². The zero-order chi connectivity index (χ0) is 18.7. The maximum Gasteiger partial charge on any atom is 0.416 e. The van der Waals surface area contributed by atoms with E-state index in [0.717, 1.165) is 33.5 Å². The van der Waals surface area contributed by atoms with Crippen LogP contribution >= 0.6 is 15.9 Å². The Morgan fingerprint density at radius 2 is 1.69 bits per heavy atom. The number of alkyl halides is 3. The Labute approximate surface area is 156 Å². The highest BCUT2D eigenvalue weighted by molar-refractivity contribution is 9.10. The molecule has 0 atom stereocenters. The lowest BCUT2D eigenvalue weighted by atomic mass is 10.1. The lowest BCUT2D eigenvalue weighted by Crippen LogP contribution is -2.05. The van der Waals surface area contributed by atoms with E-state index >= 15 is 0 Å². The van der Waals surface area contributed by atoms with Crippen molar-refractivity contribution in [1.29, 1.82) is 0 Å². The molecule has 0 fully saturated rings. The second kappa shape index (κ2) is 7.33. The highest BCUT2D eigenvalue weighted by atomic mass is 79.9. The van der Waals surface area contributed by atoms with Crippen molar-refractivity contribution in [3.05, 3.63) is 82.3 Å². The van der Waals surface area contributed by atoms with Crippen molar-refractivity contribution in [3.63, 3.8) is 0 Å². The summed E-state index contributed by atoms with van der Waals surface area (Å²) >= 11 is 3.39. The van der Waals surface area contributed by atoms with Gasteiger partial charge < -0.3 is 4.74 Å². The van der Waals surface area contributed by atoms with Gasteiger partial charge in [-0.25, -0.2) is 4.79 Å². The Hall–Kier alpha value is -2.60. The van der Waals surface area contributed by atoms with Crippen LogP contribution in [-0.4, -0.2) is 5.97 Å². The fourth-order valence-corrected chi connectivity index (χ4v) is 2.77. The first-order valence-corrected chi connectivity index (χ1v) is 8.37. The van der Waals surface area contributed by atoms with Gasteiger partial charge in [-0.2, -0.15) is 13.2 Å². The SMILES string of the molecule is O=C(C=Cc1cccc(C(F)(F)F)c1)Oc1ccc2cc(Br)ccc2c1. The van der Waals surface area contributed by atoms with Crippen molar-refractivity contribution >= 4 is 38.7 Å². The Morgan fingerprint density at radius 1 is 0.962 bits per heavy atom. The van der Waals surface area contributed by atoms with Crippen LogP contribution in [0.5, 0.6) is 5.75 Å². The largest absolute Gasteiger partial charge is 0.423 e. The molecule has 0 spiro atoms. The maximum absolute atomic E-state index is 12.7. The van der Waals surface area contributed by atoms with Crippen molar-refractivity contribution in [2.75, 3.05) is 0 Å². The normalized spacial score (nSPS) is 11.8.